The van der Waals surface area contributed by atoms with Crippen molar-refractivity contribution in [1.29, 1.82) is 0 Å². The van der Waals surface area contributed by atoms with Crippen LogP contribution in [0.2, 0.25) is 0 Å². The van der Waals surface area contributed by atoms with E-state index in [4.69, 9.17) is 4.74 Å². The van der Waals surface area contributed by atoms with Crippen molar-refractivity contribution in [3.8, 4) is 0 Å². The maximum atomic E-state index is 12.2. The van der Waals surface area contributed by atoms with Gasteiger partial charge in [0.25, 0.3) is 0 Å². The summed E-state index contributed by atoms with van der Waals surface area (Å²) in [4.78, 5) is 18.9. The van der Waals surface area contributed by atoms with Crippen molar-refractivity contribution < 1.29 is 9.53 Å². The molecule has 1 aromatic heterocycles. The number of fused-ring (bicyclic) bond motifs is 2. The molecule has 1 saturated heterocycles. The SMILES string of the molecule is CCN1c2nc(C)ccc2NC(=O)C2COCC21. The molecular weight excluding hydrogens is 230 g/mol. The maximum absolute atomic E-state index is 12.2. The number of rotatable bonds is 1. The van der Waals surface area contributed by atoms with Gasteiger partial charge in [-0.05, 0) is 26.0 Å². The van der Waals surface area contributed by atoms with Gasteiger partial charge in [0.15, 0.2) is 5.82 Å². The van der Waals surface area contributed by atoms with Gasteiger partial charge >= 0.3 is 0 Å². The first-order valence-corrected chi connectivity index (χ1v) is 6.33. The number of aromatic nitrogens is 1. The summed E-state index contributed by atoms with van der Waals surface area (Å²) in [7, 11) is 0. The number of likely N-dealkylation sites (N-methyl/N-ethyl adjacent to an activating group) is 1. The van der Waals surface area contributed by atoms with Crippen molar-refractivity contribution in [3.63, 3.8) is 0 Å². The van der Waals surface area contributed by atoms with Crippen molar-refractivity contribution in [2.75, 3.05) is 30.0 Å². The van der Waals surface area contributed by atoms with E-state index in [1.165, 1.54) is 0 Å². The number of carbonyl (C=O) groups excluding carboxylic acids is 1. The predicted octanol–water partition coefficient (Wildman–Crippen LogP) is 1.18. The fourth-order valence-corrected chi connectivity index (χ4v) is 2.73. The standard InChI is InChI=1S/C13H17N3O2/c1-3-16-11-7-18-6-9(11)13(17)15-10-5-4-8(2)14-12(10)16/h4-5,9,11H,3,6-7H2,1-2H3,(H,15,17). The smallest absolute Gasteiger partial charge is 0.232 e. The van der Waals surface area contributed by atoms with Gasteiger partial charge in [0.1, 0.15) is 0 Å². The van der Waals surface area contributed by atoms with E-state index < -0.39 is 0 Å². The summed E-state index contributed by atoms with van der Waals surface area (Å²) in [5.41, 5.74) is 1.76. The molecule has 2 aliphatic rings. The molecule has 0 aromatic carbocycles. The Morgan fingerprint density at radius 2 is 2.33 bits per heavy atom. The zero-order chi connectivity index (χ0) is 12.7. The molecule has 5 nitrogen and oxygen atoms in total. The molecule has 1 fully saturated rings. The molecule has 1 N–H and O–H groups in total. The molecule has 3 rings (SSSR count). The lowest BCUT2D eigenvalue weighted by atomic mass is 10.0. The van der Waals surface area contributed by atoms with Crippen LogP contribution in [-0.4, -0.2) is 36.7 Å². The van der Waals surface area contributed by atoms with E-state index in [9.17, 15) is 4.79 Å². The highest BCUT2D eigenvalue weighted by Gasteiger charge is 2.41. The molecule has 2 aliphatic heterocycles. The Morgan fingerprint density at radius 1 is 1.50 bits per heavy atom. The van der Waals surface area contributed by atoms with Crippen LogP contribution in [0.3, 0.4) is 0 Å². The number of nitrogens with one attached hydrogen (secondary N) is 1. The molecule has 5 heteroatoms. The summed E-state index contributed by atoms with van der Waals surface area (Å²) in [6.07, 6.45) is 0. The number of pyridine rings is 1. The summed E-state index contributed by atoms with van der Waals surface area (Å²) in [6.45, 7) is 5.96. The van der Waals surface area contributed by atoms with Crippen LogP contribution in [-0.2, 0) is 9.53 Å². The van der Waals surface area contributed by atoms with E-state index >= 15 is 0 Å². The van der Waals surface area contributed by atoms with Gasteiger partial charge < -0.3 is 15.0 Å². The van der Waals surface area contributed by atoms with Crippen molar-refractivity contribution >= 4 is 17.4 Å². The molecule has 0 saturated carbocycles. The van der Waals surface area contributed by atoms with Gasteiger partial charge in [-0.3, -0.25) is 4.79 Å². The first-order chi connectivity index (χ1) is 8.70. The number of ether oxygens (including phenoxy) is 1. The average molecular weight is 247 g/mol. The molecule has 0 radical (unpaired) electrons. The van der Waals surface area contributed by atoms with Gasteiger partial charge in [-0.2, -0.15) is 0 Å². The molecule has 2 atom stereocenters. The molecular formula is C13H17N3O2. The fourth-order valence-electron chi connectivity index (χ4n) is 2.73. The lowest BCUT2D eigenvalue weighted by Gasteiger charge is -2.29. The number of amides is 1. The van der Waals surface area contributed by atoms with Gasteiger partial charge in [-0.1, -0.05) is 0 Å². The van der Waals surface area contributed by atoms with Crippen molar-refractivity contribution in [2.24, 2.45) is 5.92 Å². The second-order valence-corrected chi connectivity index (χ2v) is 4.81. The lowest BCUT2D eigenvalue weighted by Crippen LogP contribution is -2.42. The summed E-state index contributed by atoms with van der Waals surface area (Å²) in [5.74, 6) is 0.809. The molecule has 3 heterocycles. The number of hydrogen-bond acceptors (Lipinski definition) is 4. The average Bonchev–Trinajstić information content (AvgIpc) is 2.79. The van der Waals surface area contributed by atoms with Gasteiger partial charge in [0.05, 0.1) is 30.9 Å². The molecule has 0 aliphatic carbocycles. The van der Waals surface area contributed by atoms with Crippen LogP contribution >= 0.6 is 0 Å². The third kappa shape index (κ3) is 1.66. The largest absolute Gasteiger partial charge is 0.378 e. The van der Waals surface area contributed by atoms with Gasteiger partial charge in [0.2, 0.25) is 5.91 Å². The zero-order valence-electron chi connectivity index (χ0n) is 10.6. The van der Waals surface area contributed by atoms with Crippen LogP contribution in [0.4, 0.5) is 11.5 Å². The topological polar surface area (TPSA) is 54.5 Å². The normalized spacial score (nSPS) is 26.3. The van der Waals surface area contributed by atoms with E-state index in [0.717, 1.165) is 23.7 Å². The maximum Gasteiger partial charge on any atom is 0.232 e. The van der Waals surface area contributed by atoms with Crippen molar-refractivity contribution in [1.82, 2.24) is 4.98 Å². The highest BCUT2D eigenvalue weighted by molar-refractivity contribution is 5.97. The first-order valence-electron chi connectivity index (χ1n) is 6.33. The Labute approximate surface area is 106 Å². The van der Waals surface area contributed by atoms with E-state index in [1.54, 1.807) is 0 Å². The van der Waals surface area contributed by atoms with Crippen molar-refractivity contribution in [3.05, 3.63) is 17.8 Å². The number of anilines is 2. The minimum absolute atomic E-state index is 0.0420. The van der Waals surface area contributed by atoms with Crippen LogP contribution in [0.25, 0.3) is 0 Å². The van der Waals surface area contributed by atoms with E-state index in [1.807, 2.05) is 19.1 Å². The number of nitrogens with zero attached hydrogens (tertiary/aromatic N) is 2. The molecule has 96 valence electrons. The first kappa shape index (κ1) is 11.5. The van der Waals surface area contributed by atoms with Crippen LogP contribution in [0.1, 0.15) is 12.6 Å². The molecule has 0 bridgehead atoms. The molecule has 1 aromatic rings. The Hall–Kier alpha value is -1.62. The minimum Gasteiger partial charge on any atom is -0.378 e. The second kappa shape index (κ2) is 4.24. The minimum atomic E-state index is -0.0977. The number of carbonyl (C=O) groups is 1. The predicted molar refractivity (Wildman–Crippen MR) is 68.7 cm³/mol. The molecule has 18 heavy (non-hydrogen) atoms. The summed E-state index contributed by atoms with van der Waals surface area (Å²) in [5, 5.41) is 2.96. The van der Waals surface area contributed by atoms with E-state index in [0.29, 0.717) is 13.2 Å². The monoisotopic (exact) mass is 247 g/mol. The Kier molecular flexibility index (Phi) is 2.70. The molecule has 1 amide bonds. The highest BCUT2D eigenvalue weighted by Crippen LogP contribution is 2.34. The molecule has 0 spiro atoms. The summed E-state index contributed by atoms with van der Waals surface area (Å²) >= 11 is 0. The summed E-state index contributed by atoms with van der Waals surface area (Å²) in [6, 6.07) is 3.95. The van der Waals surface area contributed by atoms with Gasteiger partial charge in [-0.25, -0.2) is 4.98 Å². The Bertz CT molecular complexity index is 489. The Balaban J connectivity index is 2.10. The highest BCUT2D eigenvalue weighted by atomic mass is 16.5. The van der Waals surface area contributed by atoms with Crippen LogP contribution < -0.4 is 10.2 Å². The van der Waals surface area contributed by atoms with Gasteiger partial charge in [-0.15, -0.1) is 0 Å². The Morgan fingerprint density at radius 3 is 3.11 bits per heavy atom. The third-order valence-electron chi connectivity index (χ3n) is 3.67. The number of hydrogen-bond donors (Lipinski definition) is 1. The van der Waals surface area contributed by atoms with Gasteiger partial charge in [0, 0.05) is 12.2 Å². The van der Waals surface area contributed by atoms with E-state index in [2.05, 4.69) is 22.1 Å². The summed E-state index contributed by atoms with van der Waals surface area (Å²) < 4.78 is 5.46. The third-order valence-corrected chi connectivity index (χ3v) is 3.67. The van der Waals surface area contributed by atoms with Crippen LogP contribution in [0.5, 0.6) is 0 Å². The lowest BCUT2D eigenvalue weighted by molar-refractivity contribution is -0.120. The van der Waals surface area contributed by atoms with Crippen LogP contribution in [0, 0.1) is 12.8 Å². The quantitative estimate of drug-likeness (QED) is 0.809. The van der Waals surface area contributed by atoms with Crippen LogP contribution in [0.15, 0.2) is 12.1 Å². The van der Waals surface area contributed by atoms with Crippen molar-refractivity contribution in [2.45, 2.75) is 19.9 Å². The zero-order valence-corrected chi connectivity index (χ0v) is 10.6. The van der Waals surface area contributed by atoms with E-state index in [-0.39, 0.29) is 17.9 Å². The fraction of sp³-hybridized carbons (Fsp3) is 0.538. The number of aryl methyl sites for hydroxylation is 1. The molecule has 2 unspecified atom stereocenters. The second-order valence-electron chi connectivity index (χ2n) is 4.81.